The van der Waals surface area contributed by atoms with E-state index in [-0.39, 0.29) is 11.5 Å². The molecule has 0 unspecified atom stereocenters. The SMILES string of the molecule is CN1CC[C@]23CCCC[C@H]2[C@H]1Cc1ccc(OC(=O)OCCl)cc13. The highest BCUT2D eigenvalue weighted by Crippen LogP contribution is 2.55. The Morgan fingerprint density at radius 2 is 2.25 bits per heavy atom. The number of fused-ring (bicyclic) bond motifs is 1. The third-order valence-electron chi connectivity index (χ3n) is 6.46. The topological polar surface area (TPSA) is 38.8 Å². The van der Waals surface area contributed by atoms with Crippen molar-refractivity contribution in [2.45, 2.75) is 50.0 Å². The van der Waals surface area contributed by atoms with Gasteiger partial charge in [0.25, 0.3) is 0 Å². The van der Waals surface area contributed by atoms with E-state index in [1.54, 1.807) is 0 Å². The molecule has 1 saturated carbocycles. The first kappa shape index (κ1) is 16.2. The van der Waals surface area contributed by atoms with Gasteiger partial charge in [0, 0.05) is 11.5 Å². The van der Waals surface area contributed by atoms with Crippen molar-refractivity contribution >= 4 is 17.8 Å². The molecule has 4 nitrogen and oxygen atoms in total. The summed E-state index contributed by atoms with van der Waals surface area (Å²) in [7, 11) is 2.27. The Hall–Kier alpha value is -1.26. The van der Waals surface area contributed by atoms with Gasteiger partial charge in [0.2, 0.25) is 0 Å². The zero-order valence-electron chi connectivity index (χ0n) is 14.1. The average Bonchev–Trinajstić information content (AvgIpc) is 2.59. The predicted molar refractivity (Wildman–Crippen MR) is 92.6 cm³/mol. The van der Waals surface area contributed by atoms with E-state index in [1.807, 2.05) is 6.07 Å². The Morgan fingerprint density at radius 3 is 3.08 bits per heavy atom. The standard InChI is InChI=1S/C19H24ClNO3/c1-21-9-8-19-7-3-2-4-15(19)17(21)10-13-5-6-14(11-16(13)19)24-18(22)23-12-20/h5-6,11,15,17H,2-4,7-10,12H2,1H3/t15-,17+,19+/m0/s1. The minimum atomic E-state index is -0.736. The van der Waals surface area contributed by atoms with E-state index in [2.05, 4.69) is 28.8 Å². The quantitative estimate of drug-likeness (QED) is 0.458. The van der Waals surface area contributed by atoms with Gasteiger partial charge >= 0.3 is 6.16 Å². The second-order valence-corrected chi connectivity index (χ2v) is 7.65. The van der Waals surface area contributed by atoms with Gasteiger partial charge in [-0.25, -0.2) is 4.79 Å². The van der Waals surface area contributed by atoms with Crippen molar-refractivity contribution < 1.29 is 14.3 Å². The third kappa shape index (κ3) is 2.51. The van der Waals surface area contributed by atoms with E-state index < -0.39 is 6.16 Å². The zero-order chi connectivity index (χ0) is 16.7. The number of carbonyl (C=O) groups excluding carboxylic acids is 1. The van der Waals surface area contributed by atoms with Crippen LogP contribution in [0.2, 0.25) is 0 Å². The fourth-order valence-corrected chi connectivity index (χ4v) is 5.50. The van der Waals surface area contributed by atoms with Gasteiger partial charge < -0.3 is 14.4 Å². The fourth-order valence-electron chi connectivity index (χ4n) is 5.41. The highest BCUT2D eigenvalue weighted by molar-refractivity contribution is 6.17. The predicted octanol–water partition coefficient (Wildman–Crippen LogP) is 4.09. The van der Waals surface area contributed by atoms with Gasteiger partial charge in [-0.05, 0) is 68.5 Å². The summed E-state index contributed by atoms with van der Waals surface area (Å²) in [6, 6.07) is 6.56. The van der Waals surface area contributed by atoms with Crippen LogP contribution < -0.4 is 4.74 Å². The molecule has 0 radical (unpaired) electrons. The molecule has 0 amide bonds. The normalized spacial score (nSPS) is 31.8. The highest BCUT2D eigenvalue weighted by Gasteiger charge is 2.53. The number of halogens is 1. The lowest BCUT2D eigenvalue weighted by molar-refractivity contribution is 0.00270. The van der Waals surface area contributed by atoms with Gasteiger partial charge in [-0.1, -0.05) is 30.5 Å². The first-order valence-electron chi connectivity index (χ1n) is 8.88. The molecule has 3 aliphatic rings. The van der Waals surface area contributed by atoms with Crippen molar-refractivity contribution in [3.05, 3.63) is 29.3 Å². The summed E-state index contributed by atoms with van der Waals surface area (Å²) in [4.78, 5) is 14.1. The van der Waals surface area contributed by atoms with Crippen molar-refractivity contribution in [3.8, 4) is 5.75 Å². The summed E-state index contributed by atoms with van der Waals surface area (Å²) in [5, 5.41) is 0. The Morgan fingerprint density at radius 1 is 1.38 bits per heavy atom. The molecule has 1 saturated heterocycles. The van der Waals surface area contributed by atoms with Gasteiger partial charge in [0.05, 0.1) is 0 Å². The van der Waals surface area contributed by atoms with E-state index >= 15 is 0 Å². The molecule has 130 valence electrons. The van der Waals surface area contributed by atoms with Crippen LogP contribution in [-0.4, -0.2) is 36.8 Å². The maximum Gasteiger partial charge on any atom is 0.515 e. The third-order valence-corrected chi connectivity index (χ3v) is 6.57. The van der Waals surface area contributed by atoms with Crippen molar-refractivity contribution in [1.82, 2.24) is 4.90 Å². The van der Waals surface area contributed by atoms with Crippen LogP contribution in [-0.2, 0) is 16.6 Å². The molecule has 2 bridgehead atoms. The van der Waals surface area contributed by atoms with Crippen molar-refractivity contribution in [2.75, 3.05) is 19.7 Å². The fraction of sp³-hybridized carbons (Fsp3) is 0.632. The van der Waals surface area contributed by atoms with Crippen LogP contribution in [0.3, 0.4) is 0 Å². The Kier molecular flexibility index (Phi) is 4.21. The van der Waals surface area contributed by atoms with E-state index in [1.165, 1.54) is 43.2 Å². The molecule has 1 heterocycles. The molecule has 1 aliphatic heterocycles. The first-order chi connectivity index (χ1) is 11.6. The molecule has 3 atom stereocenters. The Balaban J connectivity index is 1.72. The van der Waals surface area contributed by atoms with Crippen LogP contribution in [0.5, 0.6) is 5.75 Å². The molecular formula is C19H24ClNO3. The number of rotatable bonds is 2. The molecule has 2 fully saturated rings. The second kappa shape index (κ2) is 6.23. The molecule has 1 aromatic rings. The van der Waals surface area contributed by atoms with Gasteiger partial charge in [0.15, 0.2) is 6.07 Å². The first-order valence-corrected chi connectivity index (χ1v) is 9.42. The summed E-state index contributed by atoms with van der Waals surface area (Å²) < 4.78 is 9.99. The molecule has 0 aromatic heterocycles. The van der Waals surface area contributed by atoms with E-state index in [0.717, 1.165) is 18.9 Å². The van der Waals surface area contributed by atoms with Crippen LogP contribution in [0.1, 0.15) is 43.2 Å². The lowest BCUT2D eigenvalue weighted by Crippen LogP contribution is -2.59. The minimum Gasteiger partial charge on any atom is -0.418 e. The number of hydrogen-bond donors (Lipinski definition) is 0. The summed E-state index contributed by atoms with van der Waals surface area (Å²) in [5.74, 6) is 1.29. The summed E-state index contributed by atoms with van der Waals surface area (Å²) in [6.07, 6.45) is 6.77. The largest absolute Gasteiger partial charge is 0.515 e. The van der Waals surface area contributed by atoms with Gasteiger partial charge in [-0.2, -0.15) is 0 Å². The number of benzene rings is 1. The number of likely N-dealkylation sites (tertiary alicyclic amines) is 1. The maximum atomic E-state index is 11.6. The number of ether oxygens (including phenoxy) is 2. The van der Waals surface area contributed by atoms with Crippen LogP contribution in [0.4, 0.5) is 4.79 Å². The molecule has 2 aliphatic carbocycles. The lowest BCUT2D eigenvalue weighted by Gasteiger charge is -2.58. The van der Waals surface area contributed by atoms with Gasteiger partial charge in [0.1, 0.15) is 5.75 Å². The molecular weight excluding hydrogens is 326 g/mol. The zero-order valence-corrected chi connectivity index (χ0v) is 14.8. The lowest BCUT2D eigenvalue weighted by atomic mass is 9.52. The molecule has 0 N–H and O–H groups in total. The molecule has 4 rings (SSSR count). The molecule has 5 heteroatoms. The highest BCUT2D eigenvalue weighted by atomic mass is 35.5. The summed E-state index contributed by atoms with van der Waals surface area (Å²) >= 11 is 5.42. The van der Waals surface area contributed by atoms with Crippen LogP contribution in [0, 0.1) is 5.92 Å². The van der Waals surface area contributed by atoms with E-state index in [9.17, 15) is 4.79 Å². The Labute approximate surface area is 148 Å². The minimum absolute atomic E-state index is 0.191. The van der Waals surface area contributed by atoms with Gasteiger partial charge in [-0.3, -0.25) is 0 Å². The van der Waals surface area contributed by atoms with Crippen LogP contribution >= 0.6 is 11.6 Å². The summed E-state index contributed by atoms with van der Waals surface area (Å²) in [6.45, 7) is 1.15. The smallest absolute Gasteiger partial charge is 0.418 e. The Bertz CT molecular complexity index is 649. The van der Waals surface area contributed by atoms with Crippen molar-refractivity contribution in [3.63, 3.8) is 0 Å². The summed E-state index contributed by atoms with van der Waals surface area (Å²) in [5.41, 5.74) is 3.09. The molecule has 24 heavy (non-hydrogen) atoms. The number of carbonyl (C=O) groups is 1. The van der Waals surface area contributed by atoms with Crippen LogP contribution in [0.15, 0.2) is 18.2 Å². The molecule has 1 aromatic carbocycles. The van der Waals surface area contributed by atoms with Gasteiger partial charge in [-0.15, -0.1) is 0 Å². The van der Waals surface area contributed by atoms with Crippen molar-refractivity contribution in [1.29, 1.82) is 0 Å². The number of likely N-dealkylation sites (N-methyl/N-ethyl adjacent to an activating group) is 1. The van der Waals surface area contributed by atoms with E-state index in [0.29, 0.717) is 11.8 Å². The van der Waals surface area contributed by atoms with Crippen molar-refractivity contribution in [2.24, 2.45) is 5.92 Å². The maximum absolute atomic E-state index is 11.6. The monoisotopic (exact) mass is 349 g/mol. The van der Waals surface area contributed by atoms with E-state index in [4.69, 9.17) is 16.3 Å². The van der Waals surface area contributed by atoms with Crippen LogP contribution in [0.25, 0.3) is 0 Å². The number of alkyl halides is 1. The molecule has 0 spiro atoms. The second-order valence-electron chi connectivity index (χ2n) is 7.43. The average molecular weight is 350 g/mol. The number of hydrogen-bond acceptors (Lipinski definition) is 4. The number of nitrogens with zero attached hydrogens (tertiary/aromatic N) is 1. The number of piperidine rings is 1.